The van der Waals surface area contributed by atoms with Crippen molar-refractivity contribution in [3.63, 3.8) is 0 Å². The van der Waals surface area contributed by atoms with E-state index in [0.29, 0.717) is 24.8 Å². The summed E-state index contributed by atoms with van der Waals surface area (Å²) in [4.78, 5) is 22.6. The first-order valence-corrected chi connectivity index (χ1v) is 10.5. The molecule has 9 heteroatoms. The number of carbonyl (C=O) groups is 1. The van der Waals surface area contributed by atoms with E-state index in [1.54, 1.807) is 13.2 Å². The SMILES string of the molecule is CCOc1ccc(Oc2cc(CNC(=NC)N3CCC(C(=O)OC)CC3)ccn2)cc1.I. The van der Waals surface area contributed by atoms with Gasteiger partial charge in [0.2, 0.25) is 5.88 Å². The molecular weight excluding hydrogens is 523 g/mol. The van der Waals surface area contributed by atoms with Crippen LogP contribution in [0.2, 0.25) is 0 Å². The van der Waals surface area contributed by atoms with Gasteiger partial charge >= 0.3 is 5.97 Å². The summed E-state index contributed by atoms with van der Waals surface area (Å²) in [5.74, 6) is 2.70. The number of guanidine groups is 1. The lowest BCUT2D eigenvalue weighted by Gasteiger charge is -2.33. The Hall–Kier alpha value is -2.56. The third-order valence-corrected chi connectivity index (χ3v) is 5.15. The molecule has 1 aromatic carbocycles. The molecule has 3 rings (SSSR count). The fraction of sp³-hybridized carbons (Fsp3) is 0.435. The van der Waals surface area contributed by atoms with Gasteiger partial charge < -0.3 is 24.4 Å². The molecule has 0 bridgehead atoms. The van der Waals surface area contributed by atoms with Gasteiger partial charge in [-0.1, -0.05) is 0 Å². The standard InChI is InChI=1S/C23H30N4O4.HI/c1-4-30-19-5-7-20(8-6-19)31-21-15-17(9-12-25-21)16-26-23(24-2)27-13-10-18(11-14-27)22(28)29-3;/h5-9,12,15,18H,4,10-11,13-14,16H2,1-3H3,(H,24,26);1H. The van der Waals surface area contributed by atoms with Gasteiger partial charge in [0.05, 0.1) is 19.6 Å². The van der Waals surface area contributed by atoms with Crippen molar-refractivity contribution >= 4 is 35.9 Å². The number of aromatic nitrogens is 1. The van der Waals surface area contributed by atoms with Crippen LogP contribution in [-0.4, -0.2) is 55.7 Å². The minimum Gasteiger partial charge on any atom is -0.494 e. The number of ether oxygens (including phenoxy) is 3. The zero-order chi connectivity index (χ0) is 22.1. The van der Waals surface area contributed by atoms with Crippen LogP contribution in [0.25, 0.3) is 0 Å². The number of carbonyl (C=O) groups excluding carboxylic acids is 1. The van der Waals surface area contributed by atoms with Crippen LogP contribution in [0.3, 0.4) is 0 Å². The van der Waals surface area contributed by atoms with Crippen molar-refractivity contribution in [2.45, 2.75) is 26.3 Å². The quantitative estimate of drug-likeness (QED) is 0.241. The first-order valence-electron chi connectivity index (χ1n) is 10.5. The molecule has 0 aliphatic carbocycles. The maximum Gasteiger partial charge on any atom is 0.308 e. The highest BCUT2D eigenvalue weighted by Gasteiger charge is 2.26. The number of piperidine rings is 1. The van der Waals surface area contributed by atoms with Gasteiger partial charge in [0.1, 0.15) is 11.5 Å². The number of halogens is 1. The Kier molecular flexibility index (Phi) is 10.5. The molecular formula is C23H31IN4O4. The molecule has 1 saturated heterocycles. The van der Waals surface area contributed by atoms with Crippen molar-refractivity contribution in [1.82, 2.24) is 15.2 Å². The van der Waals surface area contributed by atoms with Crippen LogP contribution in [0, 0.1) is 5.92 Å². The number of nitrogens with zero attached hydrogens (tertiary/aromatic N) is 3. The molecule has 1 fully saturated rings. The minimum atomic E-state index is -0.126. The number of hydrogen-bond donors (Lipinski definition) is 1. The normalized spacial score (nSPS) is 14.3. The number of benzene rings is 1. The molecule has 0 atom stereocenters. The Balaban J connectivity index is 0.00000363. The molecule has 1 aliphatic rings. The van der Waals surface area contributed by atoms with Gasteiger partial charge in [-0.3, -0.25) is 9.79 Å². The Bertz CT molecular complexity index is 884. The maximum atomic E-state index is 11.7. The van der Waals surface area contributed by atoms with Crippen LogP contribution < -0.4 is 14.8 Å². The van der Waals surface area contributed by atoms with Crippen LogP contribution >= 0.6 is 24.0 Å². The van der Waals surface area contributed by atoms with Crippen molar-refractivity contribution in [2.75, 3.05) is 33.9 Å². The van der Waals surface area contributed by atoms with E-state index in [0.717, 1.165) is 43.2 Å². The Morgan fingerprint density at radius 2 is 1.88 bits per heavy atom. The molecule has 1 N–H and O–H groups in total. The largest absolute Gasteiger partial charge is 0.494 e. The van der Waals surface area contributed by atoms with Gasteiger partial charge in [-0.05, 0) is 55.7 Å². The fourth-order valence-electron chi connectivity index (χ4n) is 3.51. The van der Waals surface area contributed by atoms with Crippen molar-refractivity contribution in [2.24, 2.45) is 10.9 Å². The molecule has 32 heavy (non-hydrogen) atoms. The Morgan fingerprint density at radius 1 is 1.19 bits per heavy atom. The zero-order valence-electron chi connectivity index (χ0n) is 18.7. The number of likely N-dealkylation sites (tertiary alicyclic amines) is 1. The second-order valence-electron chi connectivity index (χ2n) is 7.19. The van der Waals surface area contributed by atoms with Crippen molar-refractivity contribution in [3.8, 4) is 17.4 Å². The second-order valence-corrected chi connectivity index (χ2v) is 7.19. The van der Waals surface area contributed by atoms with Gasteiger partial charge in [-0.2, -0.15) is 0 Å². The summed E-state index contributed by atoms with van der Waals surface area (Å²) in [6.07, 6.45) is 3.26. The van der Waals surface area contributed by atoms with Gasteiger partial charge in [0, 0.05) is 38.9 Å². The maximum absolute atomic E-state index is 11.7. The highest BCUT2D eigenvalue weighted by atomic mass is 127. The smallest absolute Gasteiger partial charge is 0.308 e. The number of rotatable bonds is 7. The zero-order valence-corrected chi connectivity index (χ0v) is 21.1. The van der Waals surface area contributed by atoms with Crippen LogP contribution in [0.4, 0.5) is 0 Å². The van der Waals surface area contributed by atoms with E-state index in [-0.39, 0.29) is 35.9 Å². The monoisotopic (exact) mass is 554 g/mol. The lowest BCUT2D eigenvalue weighted by Crippen LogP contribution is -2.46. The van der Waals surface area contributed by atoms with E-state index in [2.05, 4.69) is 20.2 Å². The Morgan fingerprint density at radius 3 is 2.50 bits per heavy atom. The topological polar surface area (TPSA) is 85.3 Å². The van der Waals surface area contributed by atoms with Crippen LogP contribution in [0.1, 0.15) is 25.3 Å². The number of hydrogen-bond acceptors (Lipinski definition) is 6. The van der Waals surface area contributed by atoms with E-state index < -0.39 is 0 Å². The minimum absolute atomic E-state index is 0. The highest BCUT2D eigenvalue weighted by Crippen LogP contribution is 2.23. The predicted octanol–water partition coefficient (Wildman–Crippen LogP) is 3.85. The summed E-state index contributed by atoms with van der Waals surface area (Å²) in [5, 5.41) is 3.39. The lowest BCUT2D eigenvalue weighted by molar-refractivity contribution is -0.146. The van der Waals surface area contributed by atoms with Gasteiger partial charge in [-0.15, -0.1) is 24.0 Å². The fourth-order valence-corrected chi connectivity index (χ4v) is 3.51. The predicted molar refractivity (Wildman–Crippen MR) is 134 cm³/mol. The highest BCUT2D eigenvalue weighted by molar-refractivity contribution is 14.0. The first kappa shape index (κ1) is 25.7. The molecule has 0 amide bonds. The molecule has 2 aromatic rings. The summed E-state index contributed by atoms with van der Waals surface area (Å²) in [6, 6.07) is 11.3. The molecule has 8 nitrogen and oxygen atoms in total. The van der Waals surface area contributed by atoms with Crippen molar-refractivity contribution < 1.29 is 19.0 Å². The molecule has 1 aliphatic heterocycles. The van der Waals surface area contributed by atoms with Crippen LogP contribution in [0.5, 0.6) is 17.4 Å². The van der Waals surface area contributed by atoms with Gasteiger partial charge in [0.15, 0.2) is 5.96 Å². The third-order valence-electron chi connectivity index (χ3n) is 5.15. The number of nitrogens with one attached hydrogen (secondary N) is 1. The summed E-state index contributed by atoms with van der Waals surface area (Å²) in [7, 11) is 3.21. The van der Waals surface area contributed by atoms with E-state index >= 15 is 0 Å². The summed E-state index contributed by atoms with van der Waals surface area (Å²) in [6.45, 7) is 4.70. The molecule has 0 radical (unpaired) electrons. The average Bonchev–Trinajstić information content (AvgIpc) is 2.81. The van der Waals surface area contributed by atoms with Crippen molar-refractivity contribution in [1.29, 1.82) is 0 Å². The number of pyridine rings is 1. The second kappa shape index (κ2) is 13.1. The van der Waals surface area contributed by atoms with E-state index in [9.17, 15) is 4.79 Å². The van der Waals surface area contributed by atoms with Crippen LogP contribution in [-0.2, 0) is 16.1 Å². The van der Waals surface area contributed by atoms with E-state index in [1.807, 2.05) is 43.3 Å². The first-order chi connectivity index (χ1) is 15.1. The summed E-state index contributed by atoms with van der Waals surface area (Å²) in [5.41, 5.74) is 1.03. The lowest BCUT2D eigenvalue weighted by atomic mass is 9.97. The van der Waals surface area contributed by atoms with Gasteiger partial charge in [-0.25, -0.2) is 4.98 Å². The van der Waals surface area contributed by atoms with Crippen molar-refractivity contribution in [3.05, 3.63) is 48.2 Å². The summed E-state index contributed by atoms with van der Waals surface area (Å²) < 4.78 is 16.2. The molecule has 0 spiro atoms. The molecule has 0 saturated carbocycles. The third kappa shape index (κ3) is 7.25. The average molecular weight is 554 g/mol. The Labute approximate surface area is 206 Å². The summed E-state index contributed by atoms with van der Waals surface area (Å²) >= 11 is 0. The molecule has 2 heterocycles. The number of methoxy groups -OCH3 is 1. The number of aliphatic imine (C=N–C) groups is 1. The van der Waals surface area contributed by atoms with Gasteiger partial charge in [0.25, 0.3) is 0 Å². The van der Waals surface area contributed by atoms with Crippen LogP contribution in [0.15, 0.2) is 47.6 Å². The molecule has 0 unspecified atom stereocenters. The molecule has 174 valence electrons. The molecule has 1 aromatic heterocycles. The van der Waals surface area contributed by atoms with E-state index in [4.69, 9.17) is 14.2 Å². The van der Waals surface area contributed by atoms with E-state index in [1.165, 1.54) is 7.11 Å². The number of esters is 1.